The monoisotopic (exact) mass is 464 g/mol. The molecule has 0 bridgehead atoms. The molecule has 2 aliphatic carbocycles. The number of carbonyl (C=O) groups excluding carboxylic acids is 2. The normalized spacial score (nSPS) is 16.2. The van der Waals surface area contributed by atoms with Gasteiger partial charge in [0.2, 0.25) is 5.91 Å². The molecule has 0 radical (unpaired) electrons. The first-order valence-corrected chi connectivity index (χ1v) is 12.0. The van der Waals surface area contributed by atoms with E-state index in [4.69, 9.17) is 4.74 Å². The SMILES string of the molecule is CCN(CC(C)C(=O)O)C(=O)C(CC1CC1)NC(=O)OCC1c2ccccc2-c2ccccc21. The lowest BCUT2D eigenvalue weighted by molar-refractivity contribution is -0.143. The van der Waals surface area contributed by atoms with Gasteiger partial charge in [0.25, 0.3) is 0 Å². The zero-order chi connectivity index (χ0) is 24.2. The second-order valence-corrected chi connectivity index (χ2v) is 9.32. The van der Waals surface area contributed by atoms with Crippen molar-refractivity contribution >= 4 is 18.0 Å². The van der Waals surface area contributed by atoms with E-state index >= 15 is 0 Å². The number of nitrogens with one attached hydrogen (secondary N) is 1. The first-order chi connectivity index (χ1) is 16.4. The molecule has 2 aromatic carbocycles. The van der Waals surface area contributed by atoms with Crippen molar-refractivity contribution in [3.8, 4) is 11.1 Å². The minimum Gasteiger partial charge on any atom is -0.481 e. The summed E-state index contributed by atoms with van der Waals surface area (Å²) in [5, 5.41) is 12.0. The highest BCUT2D eigenvalue weighted by molar-refractivity contribution is 5.86. The Hall–Kier alpha value is -3.35. The Morgan fingerprint density at radius 2 is 1.65 bits per heavy atom. The molecular weight excluding hydrogens is 432 g/mol. The highest BCUT2D eigenvalue weighted by Gasteiger charge is 2.34. The average Bonchev–Trinajstić information content (AvgIpc) is 3.60. The number of benzene rings is 2. The fraction of sp³-hybridized carbons (Fsp3) is 0.444. The van der Waals surface area contributed by atoms with Gasteiger partial charge in [-0.2, -0.15) is 0 Å². The van der Waals surface area contributed by atoms with Crippen LogP contribution < -0.4 is 5.32 Å². The standard InChI is InChI=1S/C27H32N2O5/c1-3-29(15-17(2)26(31)32)25(30)24(14-18-12-13-18)28-27(33)34-16-23-21-10-6-4-8-19(21)20-9-5-7-11-22(20)23/h4-11,17-18,23-24H,3,12-16H2,1-2H3,(H,28,33)(H,31,32). The molecule has 2 aromatic rings. The summed E-state index contributed by atoms with van der Waals surface area (Å²) in [6.45, 7) is 4.06. The van der Waals surface area contributed by atoms with Crippen LogP contribution >= 0.6 is 0 Å². The van der Waals surface area contributed by atoms with Gasteiger partial charge in [-0.25, -0.2) is 4.79 Å². The van der Waals surface area contributed by atoms with Crippen LogP contribution in [-0.2, 0) is 14.3 Å². The summed E-state index contributed by atoms with van der Waals surface area (Å²) in [5.41, 5.74) is 4.56. The molecule has 0 aromatic heterocycles. The van der Waals surface area contributed by atoms with E-state index < -0.39 is 24.0 Å². The third-order valence-corrected chi connectivity index (χ3v) is 6.81. The van der Waals surface area contributed by atoms with E-state index in [0.717, 1.165) is 35.1 Å². The van der Waals surface area contributed by atoms with Gasteiger partial charge in [-0.1, -0.05) is 68.3 Å². The lowest BCUT2D eigenvalue weighted by Gasteiger charge is -2.28. The molecule has 2 unspecified atom stereocenters. The summed E-state index contributed by atoms with van der Waals surface area (Å²) in [5.74, 6) is -1.54. The molecule has 34 heavy (non-hydrogen) atoms. The largest absolute Gasteiger partial charge is 0.481 e. The van der Waals surface area contributed by atoms with Crippen molar-refractivity contribution in [3.63, 3.8) is 0 Å². The maximum Gasteiger partial charge on any atom is 0.407 e. The summed E-state index contributed by atoms with van der Waals surface area (Å²) in [6.07, 6.45) is 1.99. The molecule has 0 aliphatic heterocycles. The van der Waals surface area contributed by atoms with Crippen LogP contribution in [0.1, 0.15) is 50.2 Å². The highest BCUT2D eigenvalue weighted by atomic mass is 16.5. The van der Waals surface area contributed by atoms with Crippen molar-refractivity contribution in [2.75, 3.05) is 19.7 Å². The summed E-state index contributed by atoms with van der Waals surface area (Å²) in [6, 6.07) is 15.5. The number of rotatable bonds is 10. The van der Waals surface area contributed by atoms with E-state index in [1.54, 1.807) is 6.92 Å². The molecule has 0 saturated heterocycles. The third-order valence-electron chi connectivity index (χ3n) is 6.81. The van der Waals surface area contributed by atoms with Crippen molar-refractivity contribution < 1.29 is 24.2 Å². The molecule has 2 amide bonds. The zero-order valence-electron chi connectivity index (χ0n) is 19.7. The minimum atomic E-state index is -0.950. The van der Waals surface area contributed by atoms with Gasteiger partial charge >= 0.3 is 12.1 Å². The number of fused-ring (bicyclic) bond motifs is 3. The third kappa shape index (κ3) is 5.24. The summed E-state index contributed by atoms with van der Waals surface area (Å²) in [7, 11) is 0. The van der Waals surface area contributed by atoms with Crippen LogP contribution in [0.3, 0.4) is 0 Å². The van der Waals surface area contributed by atoms with Crippen LogP contribution in [0.5, 0.6) is 0 Å². The second-order valence-electron chi connectivity index (χ2n) is 9.32. The van der Waals surface area contributed by atoms with Gasteiger partial charge in [0.1, 0.15) is 12.6 Å². The second kappa shape index (κ2) is 10.3. The van der Waals surface area contributed by atoms with Crippen molar-refractivity contribution in [2.24, 2.45) is 11.8 Å². The Balaban J connectivity index is 1.42. The number of ether oxygens (including phenoxy) is 1. The summed E-state index contributed by atoms with van der Waals surface area (Å²) in [4.78, 5) is 38.7. The predicted octanol–water partition coefficient (Wildman–Crippen LogP) is 4.26. The van der Waals surface area contributed by atoms with Crippen LogP contribution in [0.15, 0.2) is 48.5 Å². The molecule has 4 rings (SSSR count). The molecule has 1 saturated carbocycles. The van der Waals surface area contributed by atoms with E-state index in [2.05, 4.69) is 29.6 Å². The lowest BCUT2D eigenvalue weighted by atomic mass is 9.98. The topological polar surface area (TPSA) is 95.9 Å². The first-order valence-electron chi connectivity index (χ1n) is 12.0. The predicted molar refractivity (Wildman–Crippen MR) is 128 cm³/mol. The molecule has 2 atom stereocenters. The number of hydrogen-bond acceptors (Lipinski definition) is 4. The van der Waals surface area contributed by atoms with Crippen molar-refractivity contribution in [2.45, 2.75) is 45.1 Å². The quantitative estimate of drug-likeness (QED) is 0.548. The molecule has 2 N–H and O–H groups in total. The first kappa shape index (κ1) is 23.8. The van der Waals surface area contributed by atoms with Crippen LogP contribution in [0.25, 0.3) is 11.1 Å². The average molecular weight is 465 g/mol. The van der Waals surface area contributed by atoms with Gasteiger partial charge in [0, 0.05) is 19.0 Å². The molecule has 180 valence electrons. The van der Waals surface area contributed by atoms with Crippen molar-refractivity contribution in [1.29, 1.82) is 0 Å². The van der Waals surface area contributed by atoms with Crippen LogP contribution in [0.2, 0.25) is 0 Å². The molecule has 7 heteroatoms. The number of carbonyl (C=O) groups is 3. The van der Waals surface area contributed by atoms with E-state index in [0.29, 0.717) is 18.9 Å². The van der Waals surface area contributed by atoms with Crippen molar-refractivity contribution in [1.82, 2.24) is 10.2 Å². The molecule has 2 aliphatic rings. The summed E-state index contributed by atoms with van der Waals surface area (Å²) < 4.78 is 5.64. The van der Waals surface area contributed by atoms with Crippen molar-refractivity contribution in [3.05, 3.63) is 59.7 Å². The lowest BCUT2D eigenvalue weighted by Crippen LogP contribution is -2.50. The van der Waals surface area contributed by atoms with Gasteiger partial charge in [0.15, 0.2) is 0 Å². The van der Waals surface area contributed by atoms with Crippen LogP contribution in [0.4, 0.5) is 4.79 Å². The van der Waals surface area contributed by atoms with E-state index in [1.807, 2.05) is 31.2 Å². The molecular formula is C27H32N2O5. The van der Waals surface area contributed by atoms with E-state index in [9.17, 15) is 19.5 Å². The zero-order valence-corrected chi connectivity index (χ0v) is 19.7. The smallest absolute Gasteiger partial charge is 0.407 e. The molecule has 0 heterocycles. The number of alkyl carbamates (subject to hydrolysis) is 1. The van der Waals surface area contributed by atoms with Gasteiger partial charge in [-0.05, 0) is 41.5 Å². The fourth-order valence-corrected chi connectivity index (χ4v) is 4.69. The molecule has 1 fully saturated rings. The highest BCUT2D eigenvalue weighted by Crippen LogP contribution is 2.44. The number of amides is 2. The van der Waals surface area contributed by atoms with Gasteiger partial charge in [-0.15, -0.1) is 0 Å². The fourth-order valence-electron chi connectivity index (χ4n) is 4.69. The van der Waals surface area contributed by atoms with Gasteiger partial charge < -0.3 is 20.1 Å². The van der Waals surface area contributed by atoms with Gasteiger partial charge in [-0.3, -0.25) is 9.59 Å². The number of hydrogen-bond donors (Lipinski definition) is 2. The van der Waals surface area contributed by atoms with Crippen LogP contribution in [0, 0.1) is 11.8 Å². The number of likely N-dealkylation sites (N-methyl/N-ethyl adjacent to an activating group) is 1. The number of carboxylic acids is 1. The molecule has 7 nitrogen and oxygen atoms in total. The number of nitrogens with zero attached hydrogens (tertiary/aromatic N) is 1. The Morgan fingerprint density at radius 1 is 1.06 bits per heavy atom. The number of aliphatic carboxylic acids is 1. The Bertz CT molecular complexity index is 1020. The van der Waals surface area contributed by atoms with Gasteiger partial charge in [0.05, 0.1) is 5.92 Å². The minimum absolute atomic E-state index is 0.0562. The Morgan fingerprint density at radius 3 is 2.18 bits per heavy atom. The van der Waals surface area contributed by atoms with Crippen LogP contribution in [-0.4, -0.2) is 53.7 Å². The Labute approximate surface area is 200 Å². The summed E-state index contributed by atoms with van der Waals surface area (Å²) >= 11 is 0. The Kier molecular flexibility index (Phi) is 7.20. The van der Waals surface area contributed by atoms with E-state index in [-0.39, 0.29) is 25.0 Å². The maximum atomic E-state index is 13.2. The number of carboxylic acid groups (broad SMARTS) is 1. The van der Waals surface area contributed by atoms with E-state index in [1.165, 1.54) is 4.90 Å². The molecule has 0 spiro atoms. The maximum absolute atomic E-state index is 13.2.